The molecule has 0 aliphatic carbocycles. The van der Waals surface area contributed by atoms with Crippen LogP contribution in [0.4, 0.5) is 0 Å². The molecule has 2 atom stereocenters. The van der Waals surface area contributed by atoms with Crippen LogP contribution in [0.1, 0.15) is 0 Å². The van der Waals surface area contributed by atoms with Crippen LogP contribution in [0.2, 0.25) is 0 Å². The van der Waals surface area contributed by atoms with Crippen LogP contribution in [0.15, 0.2) is 413 Å². The second-order valence-corrected chi connectivity index (χ2v) is 45.0. The maximum absolute atomic E-state index is 5.47. The molecule has 0 saturated carbocycles. The number of aromatic nitrogens is 9. The maximum atomic E-state index is 5.47. The van der Waals surface area contributed by atoms with Gasteiger partial charge in [0.25, 0.3) is 0 Å². The Hall–Kier alpha value is -13.3. The number of hydrogen-bond donors (Lipinski definition) is 0. The number of para-hydroxylation sites is 6. The summed E-state index contributed by atoms with van der Waals surface area (Å²) in [5.41, 5.74) is 10.4. The van der Waals surface area contributed by atoms with Crippen molar-refractivity contribution >= 4 is 255 Å². The zero-order chi connectivity index (χ0) is 79.6. The number of pyridine rings is 6. The number of imidazole rings is 3. The molecule has 2 unspecified atom stereocenters. The minimum atomic E-state index is -2.36. The normalized spacial score (nSPS) is 12.8. The van der Waals surface area contributed by atoms with E-state index < -0.39 is 18.9 Å². The molecular formula is C106H70N9OP3Se2. The Bertz CT molecular complexity index is 8430. The molecule has 2 N–H and O–H groups in total. The molecule has 0 spiro atoms. The third-order valence-corrected chi connectivity index (χ3v) is 40.0. The largest absolute Gasteiger partial charge is 0.292 e. The van der Waals surface area contributed by atoms with Crippen LogP contribution in [-0.2, 0) is 0 Å². The van der Waals surface area contributed by atoms with Crippen LogP contribution in [0, 0.1) is 0 Å². The summed E-state index contributed by atoms with van der Waals surface area (Å²) in [5.74, 6) is 0. The van der Waals surface area contributed by atoms with E-state index in [1.165, 1.54) is 123 Å². The van der Waals surface area contributed by atoms with Crippen molar-refractivity contribution in [1.29, 1.82) is 0 Å². The minimum absolute atomic E-state index is 0. The quantitative estimate of drug-likeness (QED) is 0.0806. The van der Waals surface area contributed by atoms with E-state index in [9.17, 15) is 0 Å². The molecule has 16 aromatic carbocycles. The van der Waals surface area contributed by atoms with Crippen molar-refractivity contribution in [3.05, 3.63) is 413 Å². The first-order valence-corrected chi connectivity index (χ1v) is 49.4. The zero-order valence-corrected chi connectivity index (χ0v) is 71.1. The van der Waals surface area contributed by atoms with Gasteiger partial charge in [0.05, 0.1) is 16.6 Å². The maximum Gasteiger partial charge on any atom is 0.146 e. The van der Waals surface area contributed by atoms with Crippen LogP contribution in [0.5, 0.6) is 0 Å². The van der Waals surface area contributed by atoms with Gasteiger partial charge in [0.1, 0.15) is 5.65 Å². The third kappa shape index (κ3) is 12.2. The molecular weight excluding hydrogens is 1670 g/mol. The zero-order valence-electron chi connectivity index (χ0n) is 64.9. The Balaban J connectivity index is 0.000000109. The van der Waals surface area contributed by atoms with E-state index in [1.807, 2.05) is 36.8 Å². The van der Waals surface area contributed by atoms with Crippen molar-refractivity contribution in [2.75, 3.05) is 0 Å². The summed E-state index contributed by atoms with van der Waals surface area (Å²) in [5, 5.41) is 29.5. The first kappa shape index (κ1) is 74.0. The first-order valence-electron chi connectivity index (χ1n) is 40.1. The number of fused-ring (bicyclic) bond motifs is 28. The van der Waals surface area contributed by atoms with Gasteiger partial charge in [0, 0.05) is 10.8 Å². The van der Waals surface area contributed by atoms with Crippen molar-refractivity contribution in [2.45, 2.75) is 0 Å². The predicted octanol–water partition coefficient (Wildman–Crippen LogP) is 20.9. The molecule has 9 aromatic heterocycles. The van der Waals surface area contributed by atoms with E-state index >= 15 is 0 Å². The van der Waals surface area contributed by atoms with Gasteiger partial charge in [0.2, 0.25) is 0 Å². The van der Waals surface area contributed by atoms with Crippen LogP contribution in [-0.4, -0.2) is 78.8 Å². The van der Waals surface area contributed by atoms with Crippen LogP contribution >= 0.6 is 18.9 Å². The molecule has 0 aliphatic heterocycles. The van der Waals surface area contributed by atoms with Gasteiger partial charge in [-0.3, -0.25) is 4.40 Å². The Labute approximate surface area is 711 Å². The molecule has 0 bridgehead atoms. The van der Waals surface area contributed by atoms with E-state index in [-0.39, 0.29) is 5.48 Å². The molecule has 0 fully saturated rings. The van der Waals surface area contributed by atoms with Crippen molar-refractivity contribution in [3.8, 4) is 0 Å². The standard InChI is InChI=1S/C39H25N2P.C37H23N4PSe.C30H20N3PSe.H2O/c1-3-11-28-23-30(19-17-26(28)9-1)42(31-20-18-27-10-2-4-12-29(27)24-31)32-21-22-38-36(25-32)40-39-35-15-6-5-13-33(35)34-14-7-8-16-37(34)41(38)39;43-42(26-19-18-24-10-8-20-38-32(24)22-26,27-21-25-9-1-5-14-31(25)39-23-27)35-17-7-16-34-36(35)40-37-30-13-3-2-11-28(30)29-12-4-6-15-33(29)41(34)37;35-34(21-10-2-1-3-11-21,22-12-9-19-31-20-22)28-18-8-17-27-29(28)32-30-25-15-5-4-13-23(25)24-14-6-7-16-26(24)33(27)30;/h1-25H;1-23H;1-20H;1H2. The molecule has 572 valence electrons. The van der Waals surface area contributed by atoms with Crippen LogP contribution in [0.25, 0.3) is 158 Å². The number of hydrogen-bond acceptors (Lipinski definition) is 6. The first-order chi connectivity index (χ1) is 59.3. The van der Waals surface area contributed by atoms with E-state index in [1.54, 1.807) is 0 Å². The van der Waals surface area contributed by atoms with Gasteiger partial charge < -0.3 is 5.48 Å². The Morgan fingerprint density at radius 1 is 0.240 bits per heavy atom. The molecule has 0 radical (unpaired) electrons. The Morgan fingerprint density at radius 3 is 1.21 bits per heavy atom. The molecule has 121 heavy (non-hydrogen) atoms. The third-order valence-electron chi connectivity index (χ3n) is 23.7. The van der Waals surface area contributed by atoms with E-state index in [4.69, 9.17) is 24.9 Å². The summed E-state index contributed by atoms with van der Waals surface area (Å²) in [4.78, 5) is 30.3. The van der Waals surface area contributed by atoms with Gasteiger partial charge in [-0.25, -0.2) is 4.98 Å². The van der Waals surface area contributed by atoms with Gasteiger partial charge >= 0.3 is 467 Å². The molecule has 9 heterocycles. The van der Waals surface area contributed by atoms with Gasteiger partial charge in [-0.05, 0) is 81.1 Å². The Kier molecular flexibility index (Phi) is 18.5. The monoisotopic (exact) mass is 1740 g/mol. The van der Waals surface area contributed by atoms with Gasteiger partial charge in [-0.2, -0.15) is 0 Å². The molecule has 25 rings (SSSR count). The Morgan fingerprint density at radius 2 is 0.661 bits per heavy atom. The number of nitrogens with zero attached hydrogens (tertiary/aromatic N) is 9. The summed E-state index contributed by atoms with van der Waals surface area (Å²) >= 11 is 7.45. The molecule has 0 saturated heterocycles. The summed E-state index contributed by atoms with van der Waals surface area (Å²) in [6.07, 6.45) is 7.75. The fraction of sp³-hybridized carbons (Fsp3) is 0. The van der Waals surface area contributed by atoms with Gasteiger partial charge in [-0.1, -0.05) is 121 Å². The van der Waals surface area contributed by atoms with E-state index in [0.717, 1.165) is 82.8 Å². The van der Waals surface area contributed by atoms with Crippen molar-refractivity contribution in [1.82, 2.24) is 43.1 Å². The number of rotatable bonds is 9. The molecule has 0 aliphatic rings. The van der Waals surface area contributed by atoms with Crippen molar-refractivity contribution < 1.29 is 5.48 Å². The summed E-state index contributed by atoms with van der Waals surface area (Å²) in [6.45, 7) is 0. The topological polar surface area (TPSA) is 122 Å². The molecule has 0 amide bonds. The second-order valence-electron chi connectivity index (χ2n) is 30.4. The average molecular weight is 1740 g/mol. The van der Waals surface area contributed by atoms with Gasteiger partial charge in [0.15, 0.2) is 0 Å². The van der Waals surface area contributed by atoms with E-state index in [0.29, 0.717) is 0 Å². The van der Waals surface area contributed by atoms with Gasteiger partial charge in [-0.15, -0.1) is 0 Å². The predicted molar refractivity (Wildman–Crippen MR) is 518 cm³/mol. The van der Waals surface area contributed by atoms with Crippen LogP contribution < -0.4 is 47.7 Å². The average Bonchev–Trinajstić information content (AvgIpc) is 1.57. The van der Waals surface area contributed by atoms with Crippen molar-refractivity contribution in [2.24, 2.45) is 0 Å². The summed E-state index contributed by atoms with van der Waals surface area (Å²) < 4.78 is 7.00. The second kappa shape index (κ2) is 30.2. The fourth-order valence-corrected chi connectivity index (χ4v) is 30.7. The summed E-state index contributed by atoms with van der Waals surface area (Å²) in [7, 11) is -0.813. The molecule has 15 heteroatoms. The minimum Gasteiger partial charge on any atom is -0.292 e. The molecule has 10 nitrogen and oxygen atoms in total. The molecule has 25 aromatic rings. The summed E-state index contributed by atoms with van der Waals surface area (Å²) in [6, 6.07) is 139. The smallest absolute Gasteiger partial charge is 0.146 e. The fourth-order valence-electron chi connectivity index (χ4n) is 18.2. The SMILES string of the molecule is O.[Se]=P(c1ccccc1)(c1cccnc1)c1cccc2c1nc1c3ccccc3c3ccccc3n21.[Se]=P(c1cnc2ccccc2c1)(c1ccc2cccnc2c1)c1cccc2c1nc1c3ccccc3c3ccccc3n21.c1ccc2cc(P(c3ccc4ccccc4c3)c3ccc4c(c3)nc3c5ccccc5c5ccccc5n43)ccc2c1. The van der Waals surface area contributed by atoms with Crippen LogP contribution in [0.3, 0.4) is 0 Å². The van der Waals surface area contributed by atoms with E-state index in [2.05, 4.69) is 425 Å². The van der Waals surface area contributed by atoms with Crippen molar-refractivity contribution in [3.63, 3.8) is 0 Å². The number of benzene rings is 16.